The van der Waals surface area contributed by atoms with Crippen molar-refractivity contribution in [1.29, 1.82) is 5.26 Å². The fourth-order valence-corrected chi connectivity index (χ4v) is 4.74. The van der Waals surface area contributed by atoms with E-state index in [-0.39, 0.29) is 36.6 Å². The molecule has 6 atom stereocenters. The lowest BCUT2D eigenvalue weighted by Crippen LogP contribution is -2.35. The van der Waals surface area contributed by atoms with Crippen molar-refractivity contribution in [2.45, 2.75) is 50.0 Å². The van der Waals surface area contributed by atoms with Crippen LogP contribution in [0.4, 0.5) is 0 Å². The second-order valence-electron chi connectivity index (χ2n) is 7.43. The monoisotopic (exact) mass is 489 g/mol. The van der Waals surface area contributed by atoms with E-state index in [2.05, 4.69) is 52.9 Å². The van der Waals surface area contributed by atoms with E-state index in [1.165, 1.54) is 0 Å². The summed E-state index contributed by atoms with van der Waals surface area (Å²) in [4.78, 5) is 0. The van der Waals surface area contributed by atoms with Gasteiger partial charge in [-0.15, -0.1) is 0 Å². The Morgan fingerprint density at radius 1 is 0.821 bits per heavy atom. The molecule has 2 saturated heterocycles. The van der Waals surface area contributed by atoms with Gasteiger partial charge < -0.3 is 14.2 Å². The number of benzene rings is 2. The van der Waals surface area contributed by atoms with Crippen molar-refractivity contribution in [3.63, 3.8) is 0 Å². The maximum absolute atomic E-state index is 9.37. The molecule has 0 spiro atoms. The molecule has 2 aromatic rings. The van der Waals surface area contributed by atoms with E-state index in [1.807, 2.05) is 36.4 Å². The van der Waals surface area contributed by atoms with Gasteiger partial charge in [-0.05, 0) is 24.0 Å². The predicted octanol–water partition coefficient (Wildman–Crippen LogP) is 5.35. The van der Waals surface area contributed by atoms with Crippen LogP contribution in [0.1, 0.15) is 42.6 Å². The minimum atomic E-state index is -0.287. The molecule has 0 aromatic heterocycles. The molecule has 2 aromatic carbocycles. The third-order valence-corrected chi connectivity index (χ3v) is 6.47. The Bertz CT molecular complexity index is 794. The summed E-state index contributed by atoms with van der Waals surface area (Å²) in [5.74, 6) is 0.251. The van der Waals surface area contributed by atoms with Gasteiger partial charge in [0, 0.05) is 10.3 Å². The highest BCUT2D eigenvalue weighted by molar-refractivity contribution is 14.1. The molecular formula is C23H24INO3. The maximum atomic E-state index is 9.37. The van der Waals surface area contributed by atoms with Crippen LogP contribution in [-0.4, -0.2) is 22.9 Å². The maximum Gasteiger partial charge on any atom is 0.161 e. The van der Waals surface area contributed by atoms with E-state index < -0.39 is 0 Å². The summed E-state index contributed by atoms with van der Waals surface area (Å²) in [5, 5.41) is 9.37. The Hall–Kier alpha value is -1.46. The summed E-state index contributed by atoms with van der Waals surface area (Å²) in [5.41, 5.74) is 2.12. The minimum Gasteiger partial charge on any atom is -0.366 e. The van der Waals surface area contributed by atoms with E-state index in [4.69, 9.17) is 14.2 Å². The number of halogens is 1. The van der Waals surface area contributed by atoms with Crippen LogP contribution in [0.3, 0.4) is 0 Å². The second kappa shape index (κ2) is 9.36. The van der Waals surface area contributed by atoms with Crippen molar-refractivity contribution in [3.05, 3.63) is 71.8 Å². The summed E-state index contributed by atoms with van der Waals surface area (Å²) < 4.78 is 20.3. The largest absolute Gasteiger partial charge is 0.366 e. The second-order valence-corrected chi connectivity index (χ2v) is 8.31. The molecule has 2 aliphatic rings. The zero-order valence-corrected chi connectivity index (χ0v) is 17.8. The highest BCUT2D eigenvalue weighted by Gasteiger charge is 2.43. The first-order valence-corrected chi connectivity index (χ1v) is 11.3. The molecule has 0 saturated carbocycles. The van der Waals surface area contributed by atoms with Gasteiger partial charge in [-0.25, -0.2) is 0 Å². The molecule has 0 N–H and O–H groups in total. The molecule has 4 rings (SSSR count). The summed E-state index contributed by atoms with van der Waals surface area (Å²) in [6, 6.07) is 22.7. The Morgan fingerprint density at radius 3 is 1.96 bits per heavy atom. The standard InChI is InChI=1S/C23H24INO3/c24-15-20-14-18-13-19(11-12-25)26-21(16-7-3-1-4-8-16)22(28-23(18)27-20)17-9-5-2-6-10-17/h1-10,18-23H,11,13-15H2/t18-,19-,20-,21-,22-,23-/m1/s1. The third-order valence-electron chi connectivity index (χ3n) is 5.48. The van der Waals surface area contributed by atoms with Gasteiger partial charge in [-0.1, -0.05) is 83.3 Å². The molecule has 146 valence electrons. The lowest BCUT2D eigenvalue weighted by atomic mass is 9.92. The van der Waals surface area contributed by atoms with Crippen molar-refractivity contribution in [3.8, 4) is 6.07 Å². The van der Waals surface area contributed by atoms with E-state index >= 15 is 0 Å². The molecule has 0 aliphatic carbocycles. The van der Waals surface area contributed by atoms with Crippen LogP contribution in [0.15, 0.2) is 60.7 Å². The zero-order chi connectivity index (χ0) is 19.3. The first-order valence-electron chi connectivity index (χ1n) is 9.77. The molecule has 2 heterocycles. The highest BCUT2D eigenvalue weighted by Crippen LogP contribution is 2.44. The molecule has 0 unspecified atom stereocenters. The summed E-state index contributed by atoms with van der Waals surface area (Å²) in [7, 11) is 0. The van der Waals surface area contributed by atoms with Crippen molar-refractivity contribution in [2.24, 2.45) is 5.92 Å². The van der Waals surface area contributed by atoms with Crippen LogP contribution in [0.25, 0.3) is 0 Å². The van der Waals surface area contributed by atoms with Gasteiger partial charge in [0.15, 0.2) is 6.29 Å². The van der Waals surface area contributed by atoms with Crippen LogP contribution in [0.5, 0.6) is 0 Å². The molecule has 4 nitrogen and oxygen atoms in total. The first-order chi connectivity index (χ1) is 13.8. The fourth-order valence-electron chi connectivity index (χ4n) is 4.17. The first kappa shape index (κ1) is 19.8. The van der Waals surface area contributed by atoms with Crippen LogP contribution < -0.4 is 0 Å². The zero-order valence-electron chi connectivity index (χ0n) is 15.6. The number of hydrogen-bond donors (Lipinski definition) is 0. The van der Waals surface area contributed by atoms with Gasteiger partial charge in [0.1, 0.15) is 12.2 Å². The number of nitriles is 1. The van der Waals surface area contributed by atoms with Crippen molar-refractivity contribution in [2.75, 3.05) is 4.43 Å². The topological polar surface area (TPSA) is 51.5 Å². The van der Waals surface area contributed by atoms with E-state index in [9.17, 15) is 5.26 Å². The van der Waals surface area contributed by atoms with Crippen LogP contribution in [0, 0.1) is 17.2 Å². The molecule has 28 heavy (non-hydrogen) atoms. The van der Waals surface area contributed by atoms with Gasteiger partial charge in [0.25, 0.3) is 0 Å². The Labute approximate surface area is 179 Å². The van der Waals surface area contributed by atoms with Crippen LogP contribution >= 0.6 is 22.6 Å². The molecule has 5 heteroatoms. The SMILES string of the molecule is N#CC[C@@H]1C[C@@H]2C[C@H](CI)O[C@@H]2O[C@H](c2ccccc2)[C@@H](c2ccccc2)O1. The van der Waals surface area contributed by atoms with Crippen LogP contribution in [-0.2, 0) is 14.2 Å². The fraction of sp³-hybridized carbons (Fsp3) is 0.435. The van der Waals surface area contributed by atoms with Gasteiger partial charge in [-0.3, -0.25) is 0 Å². The van der Waals surface area contributed by atoms with E-state index in [0.29, 0.717) is 6.42 Å². The minimum absolute atomic E-state index is 0.130. The summed E-state index contributed by atoms with van der Waals surface area (Å²) in [6.45, 7) is 0. The molecular weight excluding hydrogens is 465 g/mol. The number of nitrogens with zero attached hydrogens (tertiary/aromatic N) is 1. The van der Waals surface area contributed by atoms with Crippen molar-refractivity contribution >= 4 is 22.6 Å². The average molecular weight is 489 g/mol. The van der Waals surface area contributed by atoms with Crippen LogP contribution in [0.2, 0.25) is 0 Å². The third kappa shape index (κ3) is 4.41. The number of rotatable bonds is 4. The van der Waals surface area contributed by atoms with E-state index in [0.717, 1.165) is 28.4 Å². The molecule has 0 bridgehead atoms. The van der Waals surface area contributed by atoms with Gasteiger partial charge >= 0.3 is 0 Å². The van der Waals surface area contributed by atoms with Crippen molar-refractivity contribution in [1.82, 2.24) is 0 Å². The molecule has 2 fully saturated rings. The normalized spacial score (nSPS) is 32.7. The van der Waals surface area contributed by atoms with E-state index in [1.54, 1.807) is 0 Å². The Morgan fingerprint density at radius 2 is 1.39 bits per heavy atom. The number of ether oxygens (including phenoxy) is 3. The van der Waals surface area contributed by atoms with Gasteiger partial charge in [-0.2, -0.15) is 5.26 Å². The predicted molar refractivity (Wildman–Crippen MR) is 115 cm³/mol. The van der Waals surface area contributed by atoms with Gasteiger partial charge in [0.2, 0.25) is 0 Å². The highest BCUT2D eigenvalue weighted by atomic mass is 127. The quantitative estimate of drug-likeness (QED) is 0.429. The Balaban J connectivity index is 1.73. The number of alkyl halides is 1. The van der Waals surface area contributed by atoms with Crippen molar-refractivity contribution < 1.29 is 14.2 Å². The molecule has 2 aliphatic heterocycles. The molecule has 0 amide bonds. The number of fused-ring (bicyclic) bond motifs is 1. The smallest absolute Gasteiger partial charge is 0.161 e. The molecule has 0 radical (unpaired) electrons. The average Bonchev–Trinajstić information content (AvgIpc) is 3.11. The lowest BCUT2D eigenvalue weighted by molar-refractivity contribution is -0.232. The summed E-state index contributed by atoms with van der Waals surface area (Å²) >= 11 is 2.37. The summed E-state index contributed by atoms with van der Waals surface area (Å²) in [6.07, 6.45) is 1.35. The van der Waals surface area contributed by atoms with Gasteiger partial charge in [0.05, 0.1) is 24.7 Å². The lowest BCUT2D eigenvalue weighted by Gasteiger charge is -2.37. The number of hydrogen-bond acceptors (Lipinski definition) is 4. The Kier molecular flexibility index (Phi) is 6.63.